The molecule has 1 heterocycles. The number of hydrogen-bond donors (Lipinski definition) is 1. The van der Waals surface area contributed by atoms with Crippen LogP contribution >= 0.6 is 0 Å². The molecule has 2 aromatic rings. The van der Waals surface area contributed by atoms with Crippen molar-refractivity contribution in [3.05, 3.63) is 47.9 Å². The summed E-state index contributed by atoms with van der Waals surface area (Å²) in [5.41, 5.74) is 1.68. The second-order valence-electron chi connectivity index (χ2n) is 3.64. The standard InChI is InChI=1S/C13H13NO3/c1-9-5-6-11(16-2)10(8-9)14-13(15)12-4-3-7-17-12/h3-8H,1-2H3,(H,14,15). The molecule has 4 nitrogen and oxygen atoms in total. The largest absolute Gasteiger partial charge is 0.495 e. The summed E-state index contributed by atoms with van der Waals surface area (Å²) in [6.45, 7) is 1.95. The Morgan fingerprint density at radius 2 is 2.18 bits per heavy atom. The van der Waals surface area contributed by atoms with Crippen LogP contribution in [0.15, 0.2) is 41.0 Å². The molecule has 88 valence electrons. The molecule has 0 unspecified atom stereocenters. The van der Waals surface area contributed by atoms with Crippen LogP contribution < -0.4 is 10.1 Å². The lowest BCUT2D eigenvalue weighted by atomic mass is 10.2. The molecule has 0 aliphatic carbocycles. The zero-order valence-corrected chi connectivity index (χ0v) is 9.69. The van der Waals surface area contributed by atoms with Gasteiger partial charge in [-0.2, -0.15) is 0 Å². The first-order valence-corrected chi connectivity index (χ1v) is 5.20. The van der Waals surface area contributed by atoms with Crippen LogP contribution in [-0.2, 0) is 0 Å². The Kier molecular flexibility index (Phi) is 3.14. The Morgan fingerprint density at radius 3 is 2.82 bits per heavy atom. The van der Waals surface area contributed by atoms with E-state index in [1.165, 1.54) is 6.26 Å². The van der Waals surface area contributed by atoms with Crippen LogP contribution in [0, 0.1) is 6.92 Å². The lowest BCUT2D eigenvalue weighted by Crippen LogP contribution is -2.11. The Bertz CT molecular complexity index is 517. The van der Waals surface area contributed by atoms with E-state index in [-0.39, 0.29) is 11.7 Å². The van der Waals surface area contributed by atoms with Crippen LogP contribution in [0.4, 0.5) is 5.69 Å². The lowest BCUT2D eigenvalue weighted by Gasteiger charge is -2.09. The van der Waals surface area contributed by atoms with Gasteiger partial charge in [-0.25, -0.2) is 0 Å². The maximum absolute atomic E-state index is 11.8. The highest BCUT2D eigenvalue weighted by molar-refractivity contribution is 6.03. The van der Waals surface area contributed by atoms with Gasteiger partial charge in [0.1, 0.15) is 5.75 Å². The number of anilines is 1. The third-order valence-corrected chi connectivity index (χ3v) is 2.35. The van der Waals surface area contributed by atoms with Crippen molar-refractivity contribution in [1.29, 1.82) is 0 Å². The smallest absolute Gasteiger partial charge is 0.291 e. The summed E-state index contributed by atoms with van der Waals surface area (Å²) in [6.07, 6.45) is 1.46. The van der Waals surface area contributed by atoms with Crippen LogP contribution in [0.2, 0.25) is 0 Å². The van der Waals surface area contributed by atoms with Crippen molar-refractivity contribution in [3.63, 3.8) is 0 Å². The fraction of sp³-hybridized carbons (Fsp3) is 0.154. The van der Waals surface area contributed by atoms with Crippen molar-refractivity contribution in [2.75, 3.05) is 12.4 Å². The number of furan rings is 1. The van der Waals surface area contributed by atoms with Gasteiger partial charge in [0.15, 0.2) is 5.76 Å². The minimum absolute atomic E-state index is 0.272. The van der Waals surface area contributed by atoms with Crippen molar-refractivity contribution in [1.82, 2.24) is 0 Å². The summed E-state index contributed by atoms with van der Waals surface area (Å²) in [5.74, 6) is 0.600. The fourth-order valence-electron chi connectivity index (χ4n) is 1.51. The SMILES string of the molecule is COc1ccc(C)cc1NC(=O)c1ccco1. The zero-order valence-electron chi connectivity index (χ0n) is 9.69. The molecule has 1 amide bonds. The van der Waals surface area contributed by atoms with Gasteiger partial charge in [0.2, 0.25) is 0 Å². The molecule has 0 saturated heterocycles. The average Bonchev–Trinajstić information content (AvgIpc) is 2.83. The summed E-state index contributed by atoms with van der Waals surface area (Å²) in [5, 5.41) is 2.75. The molecule has 0 aliphatic heterocycles. The maximum atomic E-state index is 11.8. The van der Waals surface area contributed by atoms with E-state index < -0.39 is 0 Å². The molecule has 2 rings (SSSR count). The van der Waals surface area contributed by atoms with E-state index in [4.69, 9.17) is 9.15 Å². The van der Waals surface area contributed by atoms with Gasteiger partial charge in [-0.05, 0) is 36.8 Å². The molecule has 0 atom stereocenters. The summed E-state index contributed by atoms with van der Waals surface area (Å²) >= 11 is 0. The fourth-order valence-corrected chi connectivity index (χ4v) is 1.51. The molecule has 4 heteroatoms. The molecule has 0 saturated carbocycles. The number of nitrogens with one attached hydrogen (secondary N) is 1. The van der Waals surface area contributed by atoms with Gasteiger partial charge >= 0.3 is 0 Å². The number of benzene rings is 1. The highest BCUT2D eigenvalue weighted by Gasteiger charge is 2.11. The Morgan fingerprint density at radius 1 is 1.35 bits per heavy atom. The summed E-state index contributed by atoms with van der Waals surface area (Å²) in [4.78, 5) is 11.8. The molecule has 0 aliphatic rings. The van der Waals surface area contributed by atoms with E-state index in [0.29, 0.717) is 11.4 Å². The van der Waals surface area contributed by atoms with Gasteiger partial charge < -0.3 is 14.5 Å². The highest BCUT2D eigenvalue weighted by atomic mass is 16.5. The number of ether oxygens (including phenoxy) is 1. The molecule has 1 N–H and O–H groups in total. The maximum Gasteiger partial charge on any atom is 0.291 e. The van der Waals surface area contributed by atoms with E-state index in [1.807, 2.05) is 25.1 Å². The second-order valence-corrected chi connectivity index (χ2v) is 3.64. The summed E-state index contributed by atoms with van der Waals surface area (Å²) in [7, 11) is 1.56. The van der Waals surface area contributed by atoms with Gasteiger partial charge in [0.05, 0.1) is 19.1 Å². The van der Waals surface area contributed by atoms with Crippen LogP contribution in [0.25, 0.3) is 0 Å². The molecular weight excluding hydrogens is 218 g/mol. The predicted octanol–water partition coefficient (Wildman–Crippen LogP) is 2.85. The summed E-state index contributed by atoms with van der Waals surface area (Å²) < 4.78 is 10.2. The molecule has 0 radical (unpaired) electrons. The molecule has 17 heavy (non-hydrogen) atoms. The van der Waals surface area contributed by atoms with E-state index >= 15 is 0 Å². The van der Waals surface area contributed by atoms with Gasteiger partial charge in [0, 0.05) is 0 Å². The zero-order chi connectivity index (χ0) is 12.3. The first-order valence-electron chi connectivity index (χ1n) is 5.20. The predicted molar refractivity (Wildman–Crippen MR) is 64.4 cm³/mol. The van der Waals surface area contributed by atoms with Crippen LogP contribution in [0.5, 0.6) is 5.75 Å². The van der Waals surface area contributed by atoms with Gasteiger partial charge in [-0.3, -0.25) is 4.79 Å². The normalized spacial score (nSPS) is 10.0. The van der Waals surface area contributed by atoms with Crippen LogP contribution in [0.3, 0.4) is 0 Å². The molecule has 0 spiro atoms. The number of amides is 1. The quantitative estimate of drug-likeness (QED) is 0.883. The minimum atomic E-state index is -0.293. The van der Waals surface area contributed by atoms with E-state index in [0.717, 1.165) is 5.56 Å². The molecule has 1 aromatic carbocycles. The topological polar surface area (TPSA) is 51.5 Å². The number of methoxy groups -OCH3 is 1. The van der Waals surface area contributed by atoms with E-state index in [9.17, 15) is 4.79 Å². The second kappa shape index (κ2) is 4.74. The minimum Gasteiger partial charge on any atom is -0.495 e. The number of carbonyl (C=O) groups is 1. The summed E-state index contributed by atoms with van der Waals surface area (Å²) in [6, 6.07) is 8.86. The third kappa shape index (κ3) is 2.47. The Hall–Kier alpha value is -2.23. The van der Waals surface area contributed by atoms with Gasteiger partial charge in [0.25, 0.3) is 5.91 Å². The Balaban J connectivity index is 2.23. The first kappa shape index (κ1) is 11.3. The monoisotopic (exact) mass is 231 g/mol. The van der Waals surface area contributed by atoms with Crippen LogP contribution in [0.1, 0.15) is 16.1 Å². The number of rotatable bonds is 3. The van der Waals surface area contributed by atoms with Crippen molar-refractivity contribution in [2.24, 2.45) is 0 Å². The molecular formula is C13H13NO3. The van der Waals surface area contributed by atoms with Crippen molar-refractivity contribution in [3.8, 4) is 5.75 Å². The first-order chi connectivity index (χ1) is 8.20. The van der Waals surface area contributed by atoms with Gasteiger partial charge in [-0.15, -0.1) is 0 Å². The van der Waals surface area contributed by atoms with Crippen molar-refractivity contribution >= 4 is 11.6 Å². The lowest BCUT2D eigenvalue weighted by molar-refractivity contribution is 0.0996. The van der Waals surface area contributed by atoms with Crippen molar-refractivity contribution < 1.29 is 13.9 Å². The van der Waals surface area contributed by atoms with E-state index in [1.54, 1.807) is 19.2 Å². The molecule has 0 bridgehead atoms. The highest BCUT2D eigenvalue weighted by Crippen LogP contribution is 2.25. The van der Waals surface area contributed by atoms with Crippen molar-refractivity contribution in [2.45, 2.75) is 6.92 Å². The number of aryl methyl sites for hydroxylation is 1. The molecule has 0 fully saturated rings. The third-order valence-electron chi connectivity index (χ3n) is 2.35. The van der Waals surface area contributed by atoms with E-state index in [2.05, 4.69) is 5.32 Å². The number of hydrogen-bond acceptors (Lipinski definition) is 3. The van der Waals surface area contributed by atoms with Crippen LogP contribution in [-0.4, -0.2) is 13.0 Å². The molecule has 1 aromatic heterocycles. The van der Waals surface area contributed by atoms with Gasteiger partial charge in [-0.1, -0.05) is 6.07 Å². The Labute approximate surface area is 99.2 Å². The average molecular weight is 231 g/mol. The number of carbonyl (C=O) groups excluding carboxylic acids is 1.